The number of benzene rings is 3. The fraction of sp³-hybridized carbons (Fsp3) is 0.364. The maximum absolute atomic E-state index is 10.3. The van der Waals surface area contributed by atoms with E-state index in [0.29, 0.717) is 18.8 Å². The van der Waals surface area contributed by atoms with E-state index in [1.165, 1.54) is 0 Å². The van der Waals surface area contributed by atoms with Crippen LogP contribution in [0.2, 0.25) is 0 Å². The van der Waals surface area contributed by atoms with Crippen LogP contribution in [0.1, 0.15) is 16.7 Å². The van der Waals surface area contributed by atoms with Crippen molar-refractivity contribution in [3.8, 4) is 17.6 Å². The summed E-state index contributed by atoms with van der Waals surface area (Å²) in [5, 5.41) is 10.3. The maximum atomic E-state index is 10.3. The first-order valence-electron chi connectivity index (χ1n) is 14.1. The van der Waals surface area contributed by atoms with Gasteiger partial charge in [-0.25, -0.2) is 0 Å². The molecule has 2 aliphatic rings. The molecule has 2 heterocycles. The molecule has 0 radical (unpaired) electrons. The van der Waals surface area contributed by atoms with Gasteiger partial charge in [0.05, 0.1) is 32.0 Å². The minimum absolute atomic E-state index is 0.627. The molecule has 5 rings (SSSR count). The van der Waals surface area contributed by atoms with E-state index in [9.17, 15) is 5.26 Å². The zero-order valence-electron chi connectivity index (χ0n) is 23.0. The van der Waals surface area contributed by atoms with Crippen LogP contribution in [0, 0.1) is 11.3 Å². The van der Waals surface area contributed by atoms with Gasteiger partial charge >= 0.3 is 0 Å². The van der Waals surface area contributed by atoms with Crippen LogP contribution < -0.4 is 9.47 Å². The molecule has 2 fully saturated rings. The van der Waals surface area contributed by atoms with Gasteiger partial charge in [0.15, 0.2) is 0 Å². The number of allylic oxidation sites excluding steroid dienone is 1. The summed E-state index contributed by atoms with van der Waals surface area (Å²) in [6.07, 6.45) is 0. The van der Waals surface area contributed by atoms with E-state index in [4.69, 9.17) is 18.9 Å². The largest absolute Gasteiger partial charge is 0.492 e. The molecule has 2 saturated heterocycles. The van der Waals surface area contributed by atoms with Crippen molar-refractivity contribution in [3.63, 3.8) is 0 Å². The summed E-state index contributed by atoms with van der Waals surface area (Å²) in [5.41, 5.74) is 4.32. The van der Waals surface area contributed by atoms with Crippen molar-refractivity contribution in [1.82, 2.24) is 9.80 Å². The Morgan fingerprint density at radius 1 is 0.625 bits per heavy atom. The van der Waals surface area contributed by atoms with Gasteiger partial charge in [-0.05, 0) is 41.0 Å². The first-order valence-corrected chi connectivity index (χ1v) is 14.1. The monoisotopic (exact) mass is 539 g/mol. The highest BCUT2D eigenvalue weighted by Crippen LogP contribution is 2.33. The molecule has 3 aromatic carbocycles. The zero-order valence-corrected chi connectivity index (χ0v) is 23.0. The van der Waals surface area contributed by atoms with Gasteiger partial charge in [-0.15, -0.1) is 0 Å². The minimum atomic E-state index is 0.627. The Hall–Kier alpha value is -3.67. The Bertz CT molecular complexity index is 1190. The Labute approximate surface area is 237 Å². The molecule has 0 unspecified atom stereocenters. The summed E-state index contributed by atoms with van der Waals surface area (Å²) < 4.78 is 22.9. The SMILES string of the molecule is N#CC(=C(c1ccc(OCCN2CCOCC2)cc1)c1ccc(OCCN2CCOCC2)cc1)c1ccccc1. The predicted molar refractivity (Wildman–Crippen MR) is 156 cm³/mol. The van der Waals surface area contributed by atoms with Crippen molar-refractivity contribution in [2.45, 2.75) is 0 Å². The molecular weight excluding hydrogens is 502 g/mol. The average Bonchev–Trinajstić information content (AvgIpc) is 3.02. The van der Waals surface area contributed by atoms with Gasteiger partial charge in [-0.1, -0.05) is 54.6 Å². The molecule has 208 valence electrons. The van der Waals surface area contributed by atoms with E-state index < -0.39 is 0 Å². The van der Waals surface area contributed by atoms with Crippen LogP contribution in [-0.4, -0.2) is 88.7 Å². The van der Waals surface area contributed by atoms with E-state index in [1.807, 2.05) is 78.9 Å². The van der Waals surface area contributed by atoms with Gasteiger partial charge in [0, 0.05) is 44.8 Å². The van der Waals surface area contributed by atoms with Crippen LogP contribution in [0.25, 0.3) is 11.1 Å². The third kappa shape index (κ3) is 7.71. The van der Waals surface area contributed by atoms with Gasteiger partial charge in [-0.2, -0.15) is 5.26 Å². The first kappa shape index (κ1) is 27.9. The van der Waals surface area contributed by atoms with Crippen LogP contribution in [0.3, 0.4) is 0 Å². The number of rotatable bonds is 11. The zero-order chi connectivity index (χ0) is 27.4. The molecule has 0 bridgehead atoms. The van der Waals surface area contributed by atoms with Crippen molar-refractivity contribution in [1.29, 1.82) is 5.26 Å². The van der Waals surface area contributed by atoms with Gasteiger partial charge in [-0.3, -0.25) is 9.80 Å². The predicted octanol–water partition coefficient (Wildman–Crippen LogP) is 4.59. The molecule has 0 saturated carbocycles. The summed E-state index contributed by atoms with van der Waals surface area (Å²) in [5.74, 6) is 1.64. The molecular formula is C33H37N3O4. The lowest BCUT2D eigenvalue weighted by atomic mass is 9.90. The van der Waals surface area contributed by atoms with E-state index >= 15 is 0 Å². The normalized spacial score (nSPS) is 16.2. The quantitative estimate of drug-likeness (QED) is 0.261. The fourth-order valence-corrected chi connectivity index (χ4v) is 5.00. The first-order chi connectivity index (χ1) is 19.8. The molecule has 2 aliphatic heterocycles. The maximum Gasteiger partial charge on any atom is 0.119 e. The summed E-state index contributed by atoms with van der Waals surface area (Å²) in [6, 6.07) is 28.4. The second kappa shape index (κ2) is 14.6. The second-order valence-corrected chi connectivity index (χ2v) is 9.88. The second-order valence-electron chi connectivity index (χ2n) is 9.88. The highest BCUT2D eigenvalue weighted by molar-refractivity contribution is 6.03. The molecule has 7 nitrogen and oxygen atoms in total. The van der Waals surface area contributed by atoms with E-state index in [-0.39, 0.29) is 0 Å². The molecule has 0 atom stereocenters. The lowest BCUT2D eigenvalue weighted by Crippen LogP contribution is -2.38. The molecule has 40 heavy (non-hydrogen) atoms. The number of nitriles is 1. The molecule has 0 aromatic heterocycles. The van der Waals surface area contributed by atoms with Crippen LogP contribution in [-0.2, 0) is 9.47 Å². The Kier molecular flexibility index (Phi) is 10.2. The van der Waals surface area contributed by atoms with Gasteiger partial charge in [0.2, 0.25) is 0 Å². The third-order valence-corrected chi connectivity index (χ3v) is 7.27. The summed E-state index contributed by atoms with van der Waals surface area (Å²) in [7, 11) is 0. The Balaban J connectivity index is 1.31. The van der Waals surface area contributed by atoms with Gasteiger partial charge in [0.1, 0.15) is 30.8 Å². The lowest BCUT2D eigenvalue weighted by molar-refractivity contribution is 0.0321. The van der Waals surface area contributed by atoms with Crippen LogP contribution in [0.5, 0.6) is 11.5 Å². The Morgan fingerprint density at radius 2 is 1.07 bits per heavy atom. The number of nitrogens with zero attached hydrogens (tertiary/aromatic N) is 3. The lowest BCUT2D eigenvalue weighted by Gasteiger charge is -2.26. The summed E-state index contributed by atoms with van der Waals surface area (Å²) >= 11 is 0. The number of hydrogen-bond acceptors (Lipinski definition) is 7. The van der Waals surface area contributed by atoms with Crippen molar-refractivity contribution in [2.24, 2.45) is 0 Å². The number of ether oxygens (including phenoxy) is 4. The van der Waals surface area contributed by atoms with Crippen molar-refractivity contribution in [2.75, 3.05) is 78.9 Å². The minimum Gasteiger partial charge on any atom is -0.492 e. The fourth-order valence-electron chi connectivity index (χ4n) is 5.00. The van der Waals surface area contributed by atoms with Gasteiger partial charge < -0.3 is 18.9 Å². The summed E-state index contributed by atoms with van der Waals surface area (Å²) in [6.45, 7) is 9.95. The standard InChI is InChI=1S/C33H37N3O4/c34-26-32(27-4-2-1-3-5-27)33(28-6-10-30(11-7-28)39-24-18-35-14-20-37-21-15-35)29-8-12-31(13-9-29)40-25-19-36-16-22-38-23-17-36/h1-13H,14-25H2. The molecule has 7 heteroatoms. The molecule has 0 N–H and O–H groups in total. The molecule has 0 spiro atoms. The average molecular weight is 540 g/mol. The van der Waals surface area contributed by atoms with E-state index in [1.54, 1.807) is 0 Å². The van der Waals surface area contributed by atoms with Crippen LogP contribution in [0.4, 0.5) is 0 Å². The van der Waals surface area contributed by atoms with Crippen molar-refractivity contribution in [3.05, 3.63) is 95.6 Å². The highest BCUT2D eigenvalue weighted by atomic mass is 16.5. The Morgan fingerprint density at radius 3 is 1.50 bits per heavy atom. The van der Waals surface area contributed by atoms with Gasteiger partial charge in [0.25, 0.3) is 0 Å². The van der Waals surface area contributed by atoms with E-state index in [0.717, 1.165) is 99.5 Å². The highest BCUT2D eigenvalue weighted by Gasteiger charge is 2.16. The molecule has 0 amide bonds. The number of hydrogen-bond donors (Lipinski definition) is 0. The topological polar surface area (TPSA) is 67.2 Å². The van der Waals surface area contributed by atoms with Crippen molar-refractivity contribution < 1.29 is 18.9 Å². The van der Waals surface area contributed by atoms with Crippen molar-refractivity contribution >= 4 is 11.1 Å². The number of morpholine rings is 2. The summed E-state index contributed by atoms with van der Waals surface area (Å²) in [4.78, 5) is 4.71. The molecule has 3 aromatic rings. The van der Waals surface area contributed by atoms with E-state index in [2.05, 4.69) is 15.9 Å². The van der Waals surface area contributed by atoms with Crippen LogP contribution >= 0.6 is 0 Å². The smallest absolute Gasteiger partial charge is 0.119 e. The van der Waals surface area contributed by atoms with Crippen LogP contribution in [0.15, 0.2) is 78.9 Å². The third-order valence-electron chi connectivity index (χ3n) is 7.27. The molecule has 0 aliphatic carbocycles.